The summed E-state index contributed by atoms with van der Waals surface area (Å²) < 4.78 is 0. The number of nitrogens with one attached hydrogen (secondary N) is 1. The van der Waals surface area contributed by atoms with Crippen LogP contribution in [-0.2, 0) is 0 Å². The van der Waals surface area contributed by atoms with E-state index in [2.05, 4.69) is 44.4 Å². The molecule has 1 aromatic rings. The van der Waals surface area contributed by atoms with Crippen LogP contribution in [0.4, 0.5) is 5.69 Å². The van der Waals surface area contributed by atoms with Gasteiger partial charge in [0.15, 0.2) is 0 Å². The van der Waals surface area contributed by atoms with E-state index >= 15 is 0 Å². The number of hydrazine groups is 1. The number of hydrogen-bond acceptors (Lipinski definition) is 5. The maximum atomic E-state index is 4.14. The van der Waals surface area contributed by atoms with Crippen LogP contribution in [-0.4, -0.2) is 60.8 Å². The van der Waals surface area contributed by atoms with Gasteiger partial charge in [-0.05, 0) is 32.0 Å². The van der Waals surface area contributed by atoms with Gasteiger partial charge in [0.1, 0.15) is 6.17 Å². The van der Waals surface area contributed by atoms with Crippen molar-refractivity contribution in [2.24, 2.45) is 0 Å². The van der Waals surface area contributed by atoms with Gasteiger partial charge in [0, 0.05) is 45.1 Å². The quantitative estimate of drug-likeness (QED) is 0.869. The summed E-state index contributed by atoms with van der Waals surface area (Å²) in [5.74, 6) is 0. The van der Waals surface area contributed by atoms with Crippen LogP contribution in [0.15, 0.2) is 24.5 Å². The van der Waals surface area contributed by atoms with Gasteiger partial charge in [-0.2, -0.15) is 0 Å². The second-order valence-electron chi connectivity index (χ2n) is 5.44. The summed E-state index contributed by atoms with van der Waals surface area (Å²) in [7, 11) is 2.20. The van der Waals surface area contributed by atoms with Crippen LogP contribution < -0.4 is 10.3 Å². The van der Waals surface area contributed by atoms with Crippen molar-refractivity contribution in [2.45, 2.75) is 19.0 Å². The highest BCUT2D eigenvalue weighted by Crippen LogP contribution is 2.22. The van der Waals surface area contributed by atoms with Crippen LogP contribution in [0.25, 0.3) is 0 Å². The van der Waals surface area contributed by atoms with Crippen LogP contribution in [0.5, 0.6) is 0 Å². The molecule has 1 N–H and O–H groups in total. The number of likely N-dealkylation sites (N-methyl/N-ethyl adjacent to an activating group) is 1. The highest BCUT2D eigenvalue weighted by Gasteiger charge is 2.29. The number of anilines is 1. The molecule has 2 aliphatic heterocycles. The van der Waals surface area contributed by atoms with Gasteiger partial charge in [-0.3, -0.25) is 15.3 Å². The van der Waals surface area contributed by atoms with Gasteiger partial charge in [0.05, 0.1) is 5.69 Å². The third kappa shape index (κ3) is 2.88. The van der Waals surface area contributed by atoms with Gasteiger partial charge in [-0.15, -0.1) is 0 Å². The summed E-state index contributed by atoms with van der Waals surface area (Å²) in [5, 5.41) is 8.56. The molecule has 104 valence electrons. The van der Waals surface area contributed by atoms with E-state index in [1.807, 2.05) is 12.4 Å². The van der Waals surface area contributed by atoms with Crippen LogP contribution in [0.1, 0.15) is 12.8 Å². The fraction of sp³-hybridized carbons (Fsp3) is 0.643. The first kappa shape index (κ1) is 12.8. The van der Waals surface area contributed by atoms with E-state index in [-0.39, 0.29) is 0 Å². The van der Waals surface area contributed by atoms with E-state index in [4.69, 9.17) is 0 Å². The number of rotatable bonds is 3. The van der Waals surface area contributed by atoms with Crippen LogP contribution in [0, 0.1) is 0 Å². The van der Waals surface area contributed by atoms with Crippen molar-refractivity contribution in [1.82, 2.24) is 20.2 Å². The Kier molecular flexibility index (Phi) is 3.96. The monoisotopic (exact) mass is 261 g/mol. The van der Waals surface area contributed by atoms with Gasteiger partial charge in [0.25, 0.3) is 0 Å². The average Bonchev–Trinajstić information content (AvgIpc) is 2.94. The Hall–Kier alpha value is -1.17. The molecule has 2 aliphatic rings. The van der Waals surface area contributed by atoms with Crippen molar-refractivity contribution in [3.8, 4) is 0 Å². The first-order chi connectivity index (χ1) is 9.34. The largest absolute Gasteiger partial charge is 0.302 e. The Morgan fingerprint density at radius 2 is 1.95 bits per heavy atom. The molecule has 0 spiro atoms. The van der Waals surface area contributed by atoms with Crippen molar-refractivity contribution in [2.75, 3.05) is 44.8 Å². The van der Waals surface area contributed by atoms with E-state index in [1.54, 1.807) is 0 Å². The van der Waals surface area contributed by atoms with E-state index in [9.17, 15) is 0 Å². The van der Waals surface area contributed by atoms with Crippen LogP contribution >= 0.6 is 0 Å². The SMILES string of the molecule is CN1CCNC(N(c2ccncc2)N2CCCC2)C1. The average molecular weight is 261 g/mol. The summed E-state index contributed by atoms with van der Waals surface area (Å²) in [4.78, 5) is 6.53. The highest BCUT2D eigenvalue weighted by molar-refractivity contribution is 5.44. The highest BCUT2D eigenvalue weighted by atomic mass is 15.7. The Bertz CT molecular complexity index is 390. The zero-order valence-electron chi connectivity index (χ0n) is 11.6. The molecular formula is C14H23N5. The lowest BCUT2D eigenvalue weighted by molar-refractivity contribution is 0.174. The molecule has 19 heavy (non-hydrogen) atoms. The number of hydrogen-bond donors (Lipinski definition) is 1. The number of pyridine rings is 1. The molecule has 3 heterocycles. The van der Waals surface area contributed by atoms with Crippen LogP contribution in [0.2, 0.25) is 0 Å². The molecule has 3 rings (SSSR count). The zero-order chi connectivity index (χ0) is 13.1. The number of aromatic nitrogens is 1. The molecule has 0 aromatic carbocycles. The molecule has 2 fully saturated rings. The molecule has 0 saturated carbocycles. The topological polar surface area (TPSA) is 34.6 Å². The minimum absolute atomic E-state index is 0.360. The van der Waals surface area contributed by atoms with Gasteiger partial charge in [0.2, 0.25) is 0 Å². The molecule has 0 aliphatic carbocycles. The number of piperazine rings is 1. The van der Waals surface area contributed by atoms with E-state index in [1.165, 1.54) is 18.5 Å². The maximum absolute atomic E-state index is 4.14. The standard InChI is InChI=1S/C14H23N5/c1-17-11-8-16-14(12-17)19(18-9-2-3-10-18)13-4-6-15-7-5-13/h4-7,14,16H,2-3,8-12H2,1H3. The van der Waals surface area contributed by atoms with Crippen molar-refractivity contribution in [1.29, 1.82) is 0 Å². The Labute approximate surface area is 115 Å². The molecule has 0 bridgehead atoms. The summed E-state index contributed by atoms with van der Waals surface area (Å²) in [6.45, 7) is 5.55. The normalized spacial score (nSPS) is 25.6. The molecule has 1 aromatic heterocycles. The lowest BCUT2D eigenvalue weighted by Crippen LogP contribution is -2.62. The summed E-state index contributed by atoms with van der Waals surface area (Å²) in [5.41, 5.74) is 1.24. The van der Waals surface area contributed by atoms with Crippen molar-refractivity contribution in [3.63, 3.8) is 0 Å². The van der Waals surface area contributed by atoms with Crippen molar-refractivity contribution in [3.05, 3.63) is 24.5 Å². The second kappa shape index (κ2) is 5.86. The number of nitrogens with zero attached hydrogens (tertiary/aromatic N) is 4. The summed E-state index contributed by atoms with van der Waals surface area (Å²) >= 11 is 0. The van der Waals surface area contributed by atoms with Gasteiger partial charge >= 0.3 is 0 Å². The minimum atomic E-state index is 0.360. The molecule has 1 atom stereocenters. The van der Waals surface area contributed by atoms with E-state index < -0.39 is 0 Å². The Balaban J connectivity index is 1.83. The lowest BCUT2D eigenvalue weighted by atomic mass is 10.3. The molecule has 2 saturated heterocycles. The third-order valence-corrected chi connectivity index (χ3v) is 3.97. The van der Waals surface area contributed by atoms with E-state index in [0.29, 0.717) is 6.17 Å². The zero-order valence-corrected chi connectivity index (χ0v) is 11.6. The maximum Gasteiger partial charge on any atom is 0.108 e. The van der Waals surface area contributed by atoms with Gasteiger partial charge < -0.3 is 4.90 Å². The second-order valence-corrected chi connectivity index (χ2v) is 5.44. The molecule has 0 amide bonds. The predicted octanol–water partition coefficient (Wildman–Crippen LogP) is 0.760. The van der Waals surface area contributed by atoms with Crippen molar-refractivity contribution >= 4 is 5.69 Å². The smallest absolute Gasteiger partial charge is 0.108 e. The first-order valence-corrected chi connectivity index (χ1v) is 7.20. The van der Waals surface area contributed by atoms with Crippen molar-refractivity contribution < 1.29 is 0 Å². The first-order valence-electron chi connectivity index (χ1n) is 7.20. The molecule has 5 heteroatoms. The summed E-state index contributed by atoms with van der Waals surface area (Å²) in [6.07, 6.45) is 6.71. The third-order valence-electron chi connectivity index (χ3n) is 3.97. The Morgan fingerprint density at radius 3 is 2.63 bits per heavy atom. The minimum Gasteiger partial charge on any atom is -0.302 e. The molecular weight excluding hydrogens is 238 g/mol. The fourth-order valence-electron chi connectivity index (χ4n) is 2.99. The lowest BCUT2D eigenvalue weighted by Gasteiger charge is -2.44. The predicted molar refractivity (Wildman–Crippen MR) is 76.8 cm³/mol. The molecule has 5 nitrogen and oxygen atoms in total. The Morgan fingerprint density at radius 1 is 1.21 bits per heavy atom. The summed E-state index contributed by atoms with van der Waals surface area (Å²) in [6, 6.07) is 4.21. The van der Waals surface area contributed by atoms with Gasteiger partial charge in [-0.1, -0.05) is 0 Å². The van der Waals surface area contributed by atoms with E-state index in [0.717, 1.165) is 32.7 Å². The fourth-order valence-corrected chi connectivity index (χ4v) is 2.99. The molecule has 1 unspecified atom stereocenters. The van der Waals surface area contributed by atoms with Gasteiger partial charge in [-0.25, -0.2) is 5.01 Å². The molecule has 0 radical (unpaired) electrons. The van der Waals surface area contributed by atoms with Crippen LogP contribution in [0.3, 0.4) is 0 Å².